The van der Waals surface area contributed by atoms with Gasteiger partial charge in [0.1, 0.15) is 0 Å². The summed E-state index contributed by atoms with van der Waals surface area (Å²) in [6, 6.07) is 3.08. The number of nitrogens with one attached hydrogen (secondary N) is 1. The molecule has 1 aromatic rings. The molecule has 3 saturated carbocycles. The molecule has 3 aliphatic carbocycles. The van der Waals surface area contributed by atoms with E-state index in [0.29, 0.717) is 17.5 Å². The third-order valence-corrected chi connectivity index (χ3v) is 5.73. The van der Waals surface area contributed by atoms with E-state index in [9.17, 15) is 9.18 Å². The summed E-state index contributed by atoms with van der Waals surface area (Å²) in [6.07, 6.45) is 7.83. The predicted molar refractivity (Wildman–Crippen MR) is 72.5 cm³/mol. The van der Waals surface area contributed by atoms with E-state index >= 15 is 0 Å². The van der Waals surface area contributed by atoms with Gasteiger partial charge in [0.2, 0.25) is 5.95 Å². The molecule has 20 heavy (non-hydrogen) atoms. The fourth-order valence-electron chi connectivity index (χ4n) is 5.03. The number of rotatable bonds is 2. The highest BCUT2D eigenvalue weighted by Crippen LogP contribution is 2.58. The van der Waals surface area contributed by atoms with Crippen molar-refractivity contribution in [3.05, 3.63) is 29.8 Å². The highest BCUT2D eigenvalue weighted by atomic mass is 19.1. The molecule has 3 nitrogen and oxygen atoms in total. The van der Waals surface area contributed by atoms with E-state index in [1.54, 1.807) is 6.07 Å². The quantitative estimate of drug-likeness (QED) is 0.843. The second-order valence-electron chi connectivity index (χ2n) is 6.60. The molecular formula is C16H19FN2O. The summed E-state index contributed by atoms with van der Waals surface area (Å²) in [5, 5.41) is 3.13. The third kappa shape index (κ3) is 1.85. The van der Waals surface area contributed by atoms with Gasteiger partial charge in [0.05, 0.1) is 0 Å². The Kier molecular flexibility index (Phi) is 2.79. The van der Waals surface area contributed by atoms with Crippen LogP contribution in [0.25, 0.3) is 0 Å². The van der Waals surface area contributed by atoms with Crippen LogP contribution in [0.4, 0.5) is 4.39 Å². The molecule has 1 aromatic heterocycles. The Labute approximate surface area is 118 Å². The zero-order chi connectivity index (χ0) is 13.7. The summed E-state index contributed by atoms with van der Waals surface area (Å²) in [7, 11) is 0. The molecule has 0 radical (unpaired) electrons. The van der Waals surface area contributed by atoms with Crippen molar-refractivity contribution in [2.75, 3.05) is 0 Å². The second-order valence-corrected chi connectivity index (χ2v) is 6.60. The lowest BCUT2D eigenvalue weighted by Gasteiger charge is -2.32. The van der Waals surface area contributed by atoms with E-state index < -0.39 is 5.95 Å². The summed E-state index contributed by atoms with van der Waals surface area (Å²) in [5.41, 5.74) is 0.378. The topological polar surface area (TPSA) is 42.0 Å². The van der Waals surface area contributed by atoms with Crippen molar-refractivity contribution in [2.24, 2.45) is 23.7 Å². The highest BCUT2D eigenvalue weighted by molar-refractivity contribution is 5.94. The van der Waals surface area contributed by atoms with Gasteiger partial charge in [0.15, 0.2) is 0 Å². The Bertz CT molecular complexity index is 547. The lowest BCUT2D eigenvalue weighted by molar-refractivity contribution is 0.0900. The maximum absolute atomic E-state index is 13.1. The second kappa shape index (κ2) is 4.54. The molecule has 0 aromatic carbocycles. The lowest BCUT2D eigenvalue weighted by Crippen LogP contribution is -2.42. The van der Waals surface area contributed by atoms with Crippen molar-refractivity contribution in [1.82, 2.24) is 10.3 Å². The van der Waals surface area contributed by atoms with Crippen LogP contribution in [0, 0.1) is 29.6 Å². The van der Waals surface area contributed by atoms with Crippen LogP contribution in [0.5, 0.6) is 0 Å². The number of amides is 1. The Balaban J connectivity index is 1.47. The van der Waals surface area contributed by atoms with Gasteiger partial charge in [-0.2, -0.15) is 4.39 Å². The zero-order valence-corrected chi connectivity index (χ0v) is 11.4. The van der Waals surface area contributed by atoms with Crippen molar-refractivity contribution >= 4 is 5.91 Å². The molecule has 2 bridgehead atoms. The minimum absolute atomic E-state index is 0.154. The predicted octanol–water partition coefficient (Wildman–Crippen LogP) is 2.78. The molecule has 0 aliphatic heterocycles. The van der Waals surface area contributed by atoms with Gasteiger partial charge in [-0.25, -0.2) is 4.98 Å². The molecule has 106 valence electrons. The van der Waals surface area contributed by atoms with Crippen molar-refractivity contribution < 1.29 is 9.18 Å². The summed E-state index contributed by atoms with van der Waals surface area (Å²) < 4.78 is 13.1. The number of nitrogens with zero attached hydrogens (tertiary/aromatic N) is 1. The minimum Gasteiger partial charge on any atom is -0.349 e. The van der Waals surface area contributed by atoms with Crippen molar-refractivity contribution in [1.29, 1.82) is 0 Å². The maximum atomic E-state index is 13.1. The molecule has 3 fully saturated rings. The molecule has 4 heteroatoms. The van der Waals surface area contributed by atoms with Crippen LogP contribution in [-0.4, -0.2) is 16.9 Å². The van der Waals surface area contributed by atoms with E-state index in [1.165, 1.54) is 37.9 Å². The van der Waals surface area contributed by atoms with Gasteiger partial charge in [-0.3, -0.25) is 4.79 Å². The van der Waals surface area contributed by atoms with Gasteiger partial charge in [0.25, 0.3) is 5.91 Å². The van der Waals surface area contributed by atoms with E-state index in [-0.39, 0.29) is 5.91 Å². The van der Waals surface area contributed by atoms with Crippen LogP contribution in [0.2, 0.25) is 0 Å². The summed E-state index contributed by atoms with van der Waals surface area (Å²) in [5.74, 6) is 2.47. The molecular weight excluding hydrogens is 255 g/mol. The molecule has 3 aliphatic rings. The van der Waals surface area contributed by atoms with Crippen LogP contribution < -0.4 is 5.32 Å². The summed E-state index contributed by atoms with van der Waals surface area (Å²) >= 11 is 0. The van der Waals surface area contributed by atoms with E-state index in [4.69, 9.17) is 0 Å². The highest BCUT2D eigenvalue weighted by Gasteiger charge is 2.54. The van der Waals surface area contributed by atoms with Crippen molar-refractivity contribution in [2.45, 2.75) is 38.1 Å². The van der Waals surface area contributed by atoms with Gasteiger partial charge >= 0.3 is 0 Å². The summed E-state index contributed by atoms with van der Waals surface area (Å²) in [6.45, 7) is 0. The lowest BCUT2D eigenvalue weighted by atomic mass is 9.79. The maximum Gasteiger partial charge on any atom is 0.251 e. The number of carbonyl (C=O) groups is 1. The first-order valence-electron chi connectivity index (χ1n) is 7.65. The fraction of sp³-hybridized carbons (Fsp3) is 0.625. The van der Waals surface area contributed by atoms with Gasteiger partial charge in [-0.05, 0) is 55.4 Å². The molecule has 0 unspecified atom stereocenters. The smallest absolute Gasteiger partial charge is 0.251 e. The first-order valence-corrected chi connectivity index (χ1v) is 7.65. The number of fused-ring (bicyclic) bond motifs is 5. The average molecular weight is 274 g/mol. The number of halogens is 1. The number of hydrogen-bond donors (Lipinski definition) is 1. The van der Waals surface area contributed by atoms with Crippen LogP contribution >= 0.6 is 0 Å². The first-order chi connectivity index (χ1) is 9.72. The van der Waals surface area contributed by atoms with Gasteiger partial charge in [-0.15, -0.1) is 0 Å². The third-order valence-electron chi connectivity index (χ3n) is 5.73. The van der Waals surface area contributed by atoms with Gasteiger partial charge in [0, 0.05) is 23.9 Å². The van der Waals surface area contributed by atoms with Crippen LogP contribution in [0.15, 0.2) is 18.3 Å². The minimum atomic E-state index is -0.596. The molecule has 1 amide bonds. The monoisotopic (exact) mass is 274 g/mol. The number of aromatic nitrogens is 1. The molecule has 0 spiro atoms. The Morgan fingerprint density at radius 1 is 1.25 bits per heavy atom. The Morgan fingerprint density at radius 3 is 2.95 bits per heavy atom. The standard InChI is InChI=1S/C16H19FN2O/c17-15-8-9(4-5-18-15)16(20)19-14-7-10-6-13(14)12-3-1-2-11(10)12/h4-5,8,10-14H,1-3,6-7H2,(H,19,20)/t10-,11-,12+,13-,14-/m1/s1. The van der Waals surface area contributed by atoms with E-state index in [0.717, 1.165) is 24.2 Å². The molecule has 0 saturated heterocycles. The summed E-state index contributed by atoms with van der Waals surface area (Å²) in [4.78, 5) is 15.7. The molecule has 1 N–H and O–H groups in total. The SMILES string of the molecule is O=C(N[C@@H]1C[C@H]2C[C@@H]1[C@H]1CCC[C@H]21)c1ccnc(F)c1. The number of hydrogen-bond acceptors (Lipinski definition) is 2. The number of carbonyl (C=O) groups excluding carboxylic acids is 1. The molecule has 1 heterocycles. The van der Waals surface area contributed by atoms with Crippen LogP contribution in [0.3, 0.4) is 0 Å². The normalized spacial score (nSPS) is 38.0. The fourth-order valence-corrected chi connectivity index (χ4v) is 5.03. The average Bonchev–Trinajstić information content (AvgIpc) is 3.10. The molecule has 5 atom stereocenters. The Hall–Kier alpha value is -1.45. The van der Waals surface area contributed by atoms with E-state index in [1.807, 2.05) is 0 Å². The van der Waals surface area contributed by atoms with Crippen molar-refractivity contribution in [3.63, 3.8) is 0 Å². The Morgan fingerprint density at radius 2 is 2.10 bits per heavy atom. The van der Waals surface area contributed by atoms with Crippen molar-refractivity contribution in [3.8, 4) is 0 Å². The van der Waals surface area contributed by atoms with Gasteiger partial charge in [-0.1, -0.05) is 6.42 Å². The van der Waals surface area contributed by atoms with Crippen LogP contribution in [-0.2, 0) is 0 Å². The zero-order valence-electron chi connectivity index (χ0n) is 11.4. The number of pyridine rings is 1. The molecule has 4 rings (SSSR count). The van der Waals surface area contributed by atoms with Gasteiger partial charge < -0.3 is 5.32 Å². The van der Waals surface area contributed by atoms with E-state index in [2.05, 4.69) is 10.3 Å². The largest absolute Gasteiger partial charge is 0.349 e. The van der Waals surface area contributed by atoms with Crippen LogP contribution in [0.1, 0.15) is 42.5 Å². The first kappa shape index (κ1) is 12.3.